The fourth-order valence-corrected chi connectivity index (χ4v) is 3.64. The Morgan fingerprint density at radius 1 is 1.45 bits per heavy atom. The number of nitrogens with zero attached hydrogens (tertiary/aromatic N) is 2. The Morgan fingerprint density at radius 2 is 2.20 bits per heavy atom. The quantitative estimate of drug-likeness (QED) is 0.688. The van der Waals surface area contributed by atoms with Crippen LogP contribution in [0, 0.1) is 6.92 Å². The van der Waals surface area contributed by atoms with E-state index in [2.05, 4.69) is 35.8 Å². The second-order valence-electron chi connectivity index (χ2n) is 4.20. The number of hydrogen-bond acceptors (Lipinski definition) is 5. The molecule has 0 aliphatic heterocycles. The summed E-state index contributed by atoms with van der Waals surface area (Å²) in [5.41, 5.74) is 6.73. The number of rotatable bonds is 5. The van der Waals surface area contributed by atoms with Crippen molar-refractivity contribution in [1.82, 2.24) is 19.9 Å². The number of aromatic amines is 1. The van der Waals surface area contributed by atoms with Gasteiger partial charge in [-0.05, 0) is 24.6 Å². The molecule has 0 radical (unpaired) electrons. The Labute approximate surface area is 125 Å². The zero-order valence-electron chi connectivity index (χ0n) is 10.7. The molecule has 0 saturated heterocycles. The molecule has 0 unspecified atom stereocenters. The molecule has 0 fully saturated rings. The van der Waals surface area contributed by atoms with Gasteiger partial charge in [0.15, 0.2) is 0 Å². The minimum atomic E-state index is -3.61. The Hall–Kier alpha value is -1.45. The SMILES string of the molecule is Cc1c(N)cc(Br)cc1S(=O)(=O)NCCc1ncn[nH]1. The summed E-state index contributed by atoms with van der Waals surface area (Å²) in [6, 6.07) is 3.20. The van der Waals surface area contributed by atoms with Crippen molar-refractivity contribution in [2.24, 2.45) is 0 Å². The fraction of sp³-hybridized carbons (Fsp3) is 0.273. The summed E-state index contributed by atoms with van der Waals surface area (Å²) in [7, 11) is -3.61. The van der Waals surface area contributed by atoms with E-state index >= 15 is 0 Å². The van der Waals surface area contributed by atoms with E-state index in [1.807, 2.05) is 0 Å². The van der Waals surface area contributed by atoms with E-state index < -0.39 is 10.0 Å². The molecular weight excluding hydrogens is 346 g/mol. The first-order valence-electron chi connectivity index (χ1n) is 5.79. The lowest BCUT2D eigenvalue weighted by atomic mass is 10.2. The smallest absolute Gasteiger partial charge is 0.240 e. The number of nitrogens with one attached hydrogen (secondary N) is 2. The van der Waals surface area contributed by atoms with Gasteiger partial charge in [0.05, 0.1) is 4.90 Å². The number of aromatic nitrogens is 3. The average Bonchev–Trinajstić information content (AvgIpc) is 2.86. The van der Waals surface area contributed by atoms with Crippen LogP contribution in [0.3, 0.4) is 0 Å². The lowest BCUT2D eigenvalue weighted by Crippen LogP contribution is -2.27. The molecule has 0 bridgehead atoms. The second-order valence-corrected chi connectivity index (χ2v) is 6.85. The second kappa shape index (κ2) is 5.90. The van der Waals surface area contributed by atoms with E-state index in [0.717, 1.165) is 0 Å². The van der Waals surface area contributed by atoms with Gasteiger partial charge in [0, 0.05) is 23.1 Å². The number of benzene rings is 1. The summed E-state index contributed by atoms with van der Waals surface area (Å²) in [5, 5.41) is 6.37. The highest BCUT2D eigenvalue weighted by atomic mass is 79.9. The summed E-state index contributed by atoms with van der Waals surface area (Å²) in [6.45, 7) is 1.90. The molecule has 0 spiro atoms. The highest BCUT2D eigenvalue weighted by molar-refractivity contribution is 9.10. The molecule has 9 heteroatoms. The van der Waals surface area contributed by atoms with Crippen LogP contribution in [-0.2, 0) is 16.4 Å². The Morgan fingerprint density at radius 3 is 2.85 bits per heavy atom. The molecule has 7 nitrogen and oxygen atoms in total. The van der Waals surface area contributed by atoms with Gasteiger partial charge in [-0.1, -0.05) is 15.9 Å². The third-order valence-corrected chi connectivity index (χ3v) is 4.82. The van der Waals surface area contributed by atoms with Crippen LogP contribution >= 0.6 is 15.9 Å². The number of hydrogen-bond donors (Lipinski definition) is 3. The molecule has 4 N–H and O–H groups in total. The minimum absolute atomic E-state index is 0.168. The molecule has 0 amide bonds. The zero-order valence-corrected chi connectivity index (χ0v) is 13.1. The first-order chi connectivity index (χ1) is 9.40. The summed E-state index contributed by atoms with van der Waals surface area (Å²) < 4.78 is 27.6. The van der Waals surface area contributed by atoms with Crippen LogP contribution < -0.4 is 10.5 Å². The van der Waals surface area contributed by atoms with E-state index in [-0.39, 0.29) is 11.4 Å². The molecule has 108 valence electrons. The standard InChI is InChI=1S/C11H14BrN5O2S/c1-7-9(13)4-8(12)5-10(7)20(18,19)16-3-2-11-14-6-15-17-11/h4-6,16H,2-3,13H2,1H3,(H,14,15,17). The Balaban J connectivity index is 2.14. The third kappa shape index (κ3) is 3.35. The summed E-state index contributed by atoms with van der Waals surface area (Å²) >= 11 is 3.24. The highest BCUT2D eigenvalue weighted by Gasteiger charge is 2.18. The van der Waals surface area contributed by atoms with Crippen LogP contribution in [0.5, 0.6) is 0 Å². The largest absolute Gasteiger partial charge is 0.398 e. The summed E-state index contributed by atoms with van der Waals surface area (Å²) in [6.07, 6.45) is 1.81. The van der Waals surface area contributed by atoms with Crippen LogP contribution in [0.25, 0.3) is 0 Å². The fourth-order valence-electron chi connectivity index (χ4n) is 1.69. The third-order valence-electron chi connectivity index (χ3n) is 2.77. The molecule has 0 atom stereocenters. The van der Waals surface area contributed by atoms with Gasteiger partial charge in [-0.3, -0.25) is 5.10 Å². The van der Waals surface area contributed by atoms with Gasteiger partial charge in [0.1, 0.15) is 12.2 Å². The van der Waals surface area contributed by atoms with Crippen molar-refractivity contribution in [2.75, 3.05) is 12.3 Å². The van der Waals surface area contributed by atoms with Crippen LogP contribution in [-0.4, -0.2) is 30.1 Å². The maximum Gasteiger partial charge on any atom is 0.240 e. The molecule has 0 aliphatic carbocycles. The molecule has 1 aromatic heterocycles. The van der Waals surface area contributed by atoms with E-state index in [0.29, 0.717) is 28.0 Å². The first-order valence-corrected chi connectivity index (χ1v) is 8.07. The molecule has 1 aromatic carbocycles. The summed E-state index contributed by atoms with van der Waals surface area (Å²) in [5.74, 6) is 0.623. The zero-order chi connectivity index (χ0) is 14.8. The predicted molar refractivity (Wildman–Crippen MR) is 78.6 cm³/mol. The van der Waals surface area contributed by atoms with Crippen molar-refractivity contribution >= 4 is 31.6 Å². The van der Waals surface area contributed by atoms with E-state index in [1.54, 1.807) is 13.0 Å². The lowest BCUT2D eigenvalue weighted by molar-refractivity contribution is 0.580. The van der Waals surface area contributed by atoms with Gasteiger partial charge in [-0.15, -0.1) is 0 Å². The molecule has 0 saturated carbocycles. The molecule has 2 rings (SSSR count). The molecule has 20 heavy (non-hydrogen) atoms. The van der Waals surface area contributed by atoms with Crippen LogP contribution in [0.1, 0.15) is 11.4 Å². The van der Waals surface area contributed by atoms with Crippen molar-refractivity contribution in [2.45, 2.75) is 18.2 Å². The number of H-pyrrole nitrogens is 1. The van der Waals surface area contributed by atoms with Crippen molar-refractivity contribution < 1.29 is 8.42 Å². The maximum atomic E-state index is 12.3. The van der Waals surface area contributed by atoms with Crippen molar-refractivity contribution in [3.05, 3.63) is 34.3 Å². The van der Waals surface area contributed by atoms with E-state index in [1.165, 1.54) is 12.4 Å². The van der Waals surface area contributed by atoms with Gasteiger partial charge in [-0.2, -0.15) is 5.10 Å². The van der Waals surface area contributed by atoms with Crippen molar-refractivity contribution in [3.8, 4) is 0 Å². The average molecular weight is 360 g/mol. The minimum Gasteiger partial charge on any atom is -0.398 e. The highest BCUT2D eigenvalue weighted by Crippen LogP contribution is 2.26. The van der Waals surface area contributed by atoms with Crippen LogP contribution in [0.2, 0.25) is 0 Å². The lowest BCUT2D eigenvalue weighted by Gasteiger charge is -2.11. The van der Waals surface area contributed by atoms with E-state index in [4.69, 9.17) is 5.73 Å². The Kier molecular flexibility index (Phi) is 4.41. The topological polar surface area (TPSA) is 114 Å². The van der Waals surface area contributed by atoms with Gasteiger partial charge in [-0.25, -0.2) is 18.1 Å². The van der Waals surface area contributed by atoms with Gasteiger partial charge >= 0.3 is 0 Å². The number of sulfonamides is 1. The van der Waals surface area contributed by atoms with Gasteiger partial charge in [0.25, 0.3) is 0 Å². The van der Waals surface area contributed by atoms with Gasteiger partial charge in [0.2, 0.25) is 10.0 Å². The monoisotopic (exact) mass is 359 g/mol. The molecule has 2 aromatic rings. The van der Waals surface area contributed by atoms with E-state index in [9.17, 15) is 8.42 Å². The number of nitrogen functional groups attached to an aromatic ring is 1. The Bertz CT molecular complexity index is 700. The van der Waals surface area contributed by atoms with Crippen molar-refractivity contribution in [1.29, 1.82) is 0 Å². The van der Waals surface area contributed by atoms with Gasteiger partial charge < -0.3 is 5.73 Å². The number of anilines is 1. The summed E-state index contributed by atoms with van der Waals surface area (Å²) in [4.78, 5) is 4.09. The maximum absolute atomic E-state index is 12.3. The normalized spacial score (nSPS) is 11.7. The van der Waals surface area contributed by atoms with Crippen LogP contribution in [0.4, 0.5) is 5.69 Å². The first kappa shape index (κ1) is 14.9. The predicted octanol–water partition coefficient (Wildman–Crippen LogP) is 0.979. The molecule has 0 aliphatic rings. The van der Waals surface area contributed by atoms with Crippen molar-refractivity contribution in [3.63, 3.8) is 0 Å². The number of halogens is 1. The molecular formula is C11H14BrN5O2S. The number of nitrogens with two attached hydrogens (primary N) is 1. The van der Waals surface area contributed by atoms with Crippen LogP contribution in [0.15, 0.2) is 27.8 Å². The molecule has 1 heterocycles.